The molecule has 0 aliphatic carbocycles. The number of hydrogen-bond acceptors (Lipinski definition) is 1. The van der Waals surface area contributed by atoms with E-state index in [1.54, 1.807) is 0 Å². The van der Waals surface area contributed by atoms with Gasteiger partial charge in [-0.05, 0) is 0 Å². The van der Waals surface area contributed by atoms with Crippen molar-refractivity contribution in [2.45, 2.75) is 0 Å². The van der Waals surface area contributed by atoms with Gasteiger partial charge in [-0.1, -0.05) is 0 Å². The van der Waals surface area contributed by atoms with Gasteiger partial charge in [0, 0.05) is 148 Å². The second kappa shape index (κ2) is 109. The Kier molecular flexibility index (Phi) is 989. The van der Waals surface area contributed by atoms with Crippen molar-refractivity contribution >= 4 is 0 Å². The van der Waals surface area contributed by atoms with Crippen LogP contribution in [0.3, 0.4) is 0 Å². The van der Waals surface area contributed by atoms with E-state index < -0.39 is 0 Å². The molecule has 0 aromatic carbocycles. The Morgan fingerprint density at radius 2 is 0.400 bits per heavy atom. The Morgan fingerprint density at radius 3 is 0.400 bits per heavy atom. The van der Waals surface area contributed by atoms with E-state index >= 15 is 0 Å². The van der Waals surface area contributed by atoms with Crippen LogP contribution in [0.5, 0.6) is 0 Å². The van der Waals surface area contributed by atoms with Crippen molar-refractivity contribution in [1.82, 2.24) is 0 Å². The van der Waals surface area contributed by atoms with E-state index in [-0.39, 0.29) is 148 Å². The van der Waals surface area contributed by atoms with E-state index in [2.05, 4.69) is 0 Å². The summed E-state index contributed by atoms with van der Waals surface area (Å²) < 4.78 is 0. The van der Waals surface area contributed by atoms with Crippen LogP contribution in [0.15, 0.2) is 0 Å². The first-order valence-electron chi connectivity index (χ1n) is 0.183. The van der Waals surface area contributed by atoms with Gasteiger partial charge < -0.3 is 10.5 Å². The molecule has 0 atom stereocenters. The van der Waals surface area contributed by atoms with Crippen LogP contribution in [0, 0.1) is 4.91 Å². The quantitative estimate of drug-likeness (QED) is 0.538. The molecule has 0 heterocycles. The SMILES string of the molecule is [N-]=O.[V].[V].[V].[V].[V].[V].[V].[V]. The molecule has 0 fully saturated rings. The van der Waals surface area contributed by atoms with Gasteiger partial charge in [-0.15, -0.1) is 0 Å². The molecule has 8 radical (unpaired) electrons. The number of hydrogen-bond donors (Lipinski definition) is 0. The van der Waals surface area contributed by atoms with Crippen LogP contribution in [0.4, 0.5) is 0 Å². The van der Waals surface area contributed by atoms with E-state index in [4.69, 9.17) is 10.5 Å². The Hall–Kier alpha value is 4.28. The van der Waals surface area contributed by atoms with Gasteiger partial charge >= 0.3 is 0 Å². The van der Waals surface area contributed by atoms with Crippen molar-refractivity contribution in [3.63, 3.8) is 0 Å². The summed E-state index contributed by atoms with van der Waals surface area (Å²) in [7, 11) is 0. The number of rotatable bonds is 0. The molecule has 0 saturated carbocycles. The first-order valence-corrected chi connectivity index (χ1v) is 0.183. The summed E-state index contributed by atoms with van der Waals surface area (Å²) in [6, 6.07) is 0. The summed E-state index contributed by atoms with van der Waals surface area (Å²) in [6.07, 6.45) is 0. The molecule has 0 aliphatic rings. The maximum Gasteiger partial charge on any atom is 0 e. The maximum atomic E-state index is 7.25. The largest absolute Gasteiger partial charge is 0.577 e. The van der Waals surface area contributed by atoms with Crippen LogP contribution in [-0.2, 0) is 148 Å². The average Bonchev–Trinajstić information content (AvgIpc) is 1.00. The van der Waals surface area contributed by atoms with Crippen molar-refractivity contribution < 1.29 is 148 Å². The minimum Gasteiger partial charge on any atom is -0.577 e. The summed E-state index contributed by atoms with van der Waals surface area (Å²) in [5.41, 5.74) is 5.75. The van der Waals surface area contributed by atoms with Crippen LogP contribution in [0.2, 0.25) is 0 Å². The van der Waals surface area contributed by atoms with Gasteiger partial charge in [-0.3, -0.25) is 0 Å². The predicted molar refractivity (Wildman–Crippen MR) is 6.73 cm³/mol. The van der Waals surface area contributed by atoms with Crippen molar-refractivity contribution in [1.29, 1.82) is 0 Å². The van der Waals surface area contributed by atoms with E-state index in [9.17, 15) is 0 Å². The van der Waals surface area contributed by atoms with Gasteiger partial charge in [-0.2, -0.15) is 0 Å². The van der Waals surface area contributed by atoms with Gasteiger partial charge in [-0.25, -0.2) is 0 Å². The zero-order valence-corrected chi connectivity index (χ0v) is 15.6. The number of nitroso groups, excluding NO2 is 1. The van der Waals surface area contributed by atoms with E-state index in [1.165, 1.54) is 0 Å². The van der Waals surface area contributed by atoms with Gasteiger partial charge in [0.25, 0.3) is 0 Å². The van der Waals surface area contributed by atoms with Crippen LogP contribution >= 0.6 is 0 Å². The first kappa shape index (κ1) is 90.4. The molecule has 0 spiro atoms. The maximum absolute atomic E-state index is 7.25. The van der Waals surface area contributed by atoms with Gasteiger partial charge in [0.05, 0.1) is 0 Å². The molecule has 10 heavy (non-hydrogen) atoms. The molecule has 0 saturated heterocycles. The third-order valence-corrected chi connectivity index (χ3v) is 0. The molecule has 0 amide bonds. The van der Waals surface area contributed by atoms with E-state index in [0.717, 1.165) is 0 Å². The normalized spacial score (nSPS) is 0.400. The first-order chi connectivity index (χ1) is 1.00. The third kappa shape index (κ3) is 85.4. The van der Waals surface area contributed by atoms with Crippen LogP contribution < -0.4 is 0 Å². The summed E-state index contributed by atoms with van der Waals surface area (Å²) in [5, 5.41) is 0. The Morgan fingerprint density at radius 1 is 0.400 bits per heavy atom. The molecule has 0 aromatic heterocycles. The predicted octanol–water partition coefficient (Wildman–Crippen LogP) is 0.302. The molecule has 0 bridgehead atoms. The standard InChI is InChI=1S/NO.8V/c1-2;;;;;;;;/q-1;;;;;;;;. The fraction of sp³-hybridized carbons (Fsp3) is 0. The van der Waals surface area contributed by atoms with Crippen LogP contribution in [0.1, 0.15) is 0 Å². The monoisotopic (exact) mass is 438 g/mol. The van der Waals surface area contributed by atoms with E-state index in [0.29, 0.717) is 0 Å². The number of nitrogens with zero attached hydrogens (tertiary/aromatic N) is 1. The second-order valence-corrected chi connectivity index (χ2v) is 0. The molecule has 0 N–H and O–H groups in total. The van der Waals surface area contributed by atoms with Crippen molar-refractivity contribution in [2.75, 3.05) is 0 Å². The Labute approximate surface area is 156 Å². The zero-order chi connectivity index (χ0) is 2.00. The fourth-order valence-electron chi connectivity index (χ4n) is 0. The average molecular weight is 438 g/mol. The fourth-order valence-corrected chi connectivity index (χ4v) is 0. The zero-order valence-electron chi connectivity index (χ0n) is 4.43. The molecule has 52 valence electrons. The van der Waals surface area contributed by atoms with Crippen LogP contribution in [-0.4, -0.2) is 0 Å². The van der Waals surface area contributed by atoms with Crippen molar-refractivity contribution in [3.05, 3.63) is 10.5 Å². The second-order valence-electron chi connectivity index (χ2n) is 0. The summed E-state index contributed by atoms with van der Waals surface area (Å²) in [6.45, 7) is 0. The molecule has 0 unspecified atom stereocenters. The van der Waals surface area contributed by atoms with Gasteiger partial charge in [0.2, 0.25) is 0 Å². The molecule has 0 rings (SSSR count). The Bertz CT molecular complexity index is 9.22. The van der Waals surface area contributed by atoms with Crippen LogP contribution in [0.25, 0.3) is 5.59 Å². The minimum absolute atomic E-state index is 0. The van der Waals surface area contributed by atoms with Gasteiger partial charge in [0.1, 0.15) is 0 Å². The van der Waals surface area contributed by atoms with Crippen molar-refractivity contribution in [2.24, 2.45) is 0 Å². The molecule has 10 heteroatoms. The molecular formula is NOV8-. The van der Waals surface area contributed by atoms with E-state index in [1.807, 2.05) is 0 Å². The summed E-state index contributed by atoms with van der Waals surface area (Å²) in [4.78, 5) is 7.25. The minimum atomic E-state index is 0. The Balaban J connectivity index is -0.000000000179. The summed E-state index contributed by atoms with van der Waals surface area (Å²) >= 11 is 0. The summed E-state index contributed by atoms with van der Waals surface area (Å²) in [5.74, 6) is 0. The topological polar surface area (TPSA) is 39.4 Å². The smallest absolute Gasteiger partial charge is 0 e. The molecule has 0 aliphatic heterocycles. The molecular weight excluding hydrogens is 438 g/mol. The molecule has 2 nitrogen and oxygen atoms in total. The van der Waals surface area contributed by atoms with Gasteiger partial charge in [0.15, 0.2) is 0 Å². The third-order valence-electron chi connectivity index (χ3n) is 0. The molecule has 0 aromatic rings. The van der Waals surface area contributed by atoms with Crippen molar-refractivity contribution in [3.8, 4) is 0 Å².